The van der Waals surface area contributed by atoms with E-state index in [2.05, 4.69) is 10.6 Å². The van der Waals surface area contributed by atoms with Crippen molar-refractivity contribution in [3.05, 3.63) is 87.7 Å². The third-order valence-corrected chi connectivity index (χ3v) is 6.45. The number of thiocarbonyl (C=S) groups is 1. The van der Waals surface area contributed by atoms with E-state index in [0.29, 0.717) is 22.0 Å². The molecule has 3 aromatic carbocycles. The van der Waals surface area contributed by atoms with Gasteiger partial charge in [0, 0.05) is 37.4 Å². The van der Waals surface area contributed by atoms with Crippen molar-refractivity contribution in [1.29, 1.82) is 0 Å². The van der Waals surface area contributed by atoms with E-state index in [9.17, 15) is 26.7 Å². The predicted molar refractivity (Wildman–Crippen MR) is 137 cm³/mol. The first kappa shape index (κ1) is 26.6. The molecule has 0 aromatic heterocycles. The van der Waals surface area contributed by atoms with E-state index >= 15 is 0 Å². The number of anilines is 3. The number of rotatable bonds is 4. The van der Waals surface area contributed by atoms with Gasteiger partial charge in [-0.2, -0.15) is 0 Å². The lowest BCUT2D eigenvalue weighted by molar-refractivity contribution is 0.0977. The molecule has 0 aliphatic carbocycles. The topological polar surface area (TPSA) is 47.6 Å². The molecule has 3 aromatic rings. The summed E-state index contributed by atoms with van der Waals surface area (Å²) in [7, 11) is 0. The molecule has 5 nitrogen and oxygen atoms in total. The van der Waals surface area contributed by atoms with E-state index in [-0.39, 0.29) is 37.2 Å². The molecule has 4 rings (SSSR count). The van der Waals surface area contributed by atoms with Crippen LogP contribution in [0.15, 0.2) is 42.5 Å². The number of carbonyl (C=O) groups excluding carboxylic acids is 1. The molecule has 2 N–H and O–H groups in total. The molecule has 12 heteroatoms. The van der Waals surface area contributed by atoms with Crippen molar-refractivity contribution in [3.8, 4) is 0 Å². The Balaban J connectivity index is 1.40. The molecule has 1 fully saturated rings. The second kappa shape index (κ2) is 10.9. The Labute approximate surface area is 219 Å². The van der Waals surface area contributed by atoms with Crippen molar-refractivity contribution in [3.63, 3.8) is 0 Å². The molecule has 1 heterocycles. The number of nitrogens with zero attached hydrogens (tertiary/aromatic N) is 2. The summed E-state index contributed by atoms with van der Waals surface area (Å²) in [5, 5.41) is 5.91. The van der Waals surface area contributed by atoms with Gasteiger partial charge in [0.2, 0.25) is 5.82 Å². The molecular weight excluding hydrogens is 535 g/mol. The minimum absolute atomic E-state index is 0.00367. The number of benzene rings is 3. The maximum atomic E-state index is 14.2. The molecular formula is C25H20ClF5N4OS. The van der Waals surface area contributed by atoms with Gasteiger partial charge in [-0.1, -0.05) is 29.8 Å². The number of hydrogen-bond acceptors (Lipinski definition) is 4. The fourth-order valence-electron chi connectivity index (χ4n) is 4.04. The van der Waals surface area contributed by atoms with Crippen LogP contribution < -0.4 is 20.4 Å². The van der Waals surface area contributed by atoms with Gasteiger partial charge in [-0.3, -0.25) is 10.1 Å². The van der Waals surface area contributed by atoms with E-state index in [4.69, 9.17) is 23.8 Å². The third-order valence-electron chi connectivity index (χ3n) is 5.95. The van der Waals surface area contributed by atoms with Crippen LogP contribution in [0.1, 0.15) is 15.9 Å². The smallest absolute Gasteiger partial charge is 0.257 e. The Hall–Kier alpha value is -3.44. The van der Waals surface area contributed by atoms with Crippen LogP contribution in [0.3, 0.4) is 0 Å². The first-order valence-electron chi connectivity index (χ1n) is 11.1. The number of halogens is 6. The van der Waals surface area contributed by atoms with Crippen molar-refractivity contribution >= 4 is 51.9 Å². The molecule has 0 saturated carbocycles. The highest BCUT2D eigenvalue weighted by atomic mass is 35.5. The molecule has 1 aliphatic heterocycles. The van der Waals surface area contributed by atoms with Gasteiger partial charge in [-0.25, -0.2) is 22.0 Å². The van der Waals surface area contributed by atoms with Gasteiger partial charge in [-0.15, -0.1) is 0 Å². The van der Waals surface area contributed by atoms with Crippen molar-refractivity contribution in [1.82, 2.24) is 5.32 Å². The number of hydrogen-bond donors (Lipinski definition) is 2. The van der Waals surface area contributed by atoms with Crippen molar-refractivity contribution in [2.24, 2.45) is 0 Å². The van der Waals surface area contributed by atoms with Gasteiger partial charge in [0.25, 0.3) is 5.91 Å². The average molecular weight is 555 g/mol. The lowest BCUT2D eigenvalue weighted by Gasteiger charge is -2.38. The summed E-state index contributed by atoms with van der Waals surface area (Å²) in [6.45, 7) is 2.26. The Morgan fingerprint density at radius 1 is 0.865 bits per heavy atom. The van der Waals surface area contributed by atoms with Gasteiger partial charge in [-0.05, 0) is 49.0 Å². The summed E-state index contributed by atoms with van der Waals surface area (Å²) in [5.41, 5.74) is 1.48. The quantitative estimate of drug-likeness (QED) is 0.185. The molecule has 1 amide bonds. The molecule has 0 radical (unpaired) electrons. The second-order valence-corrected chi connectivity index (χ2v) is 9.10. The first-order chi connectivity index (χ1) is 17.6. The molecule has 0 spiro atoms. The van der Waals surface area contributed by atoms with E-state index in [0.717, 1.165) is 10.5 Å². The van der Waals surface area contributed by atoms with Crippen LogP contribution >= 0.6 is 23.8 Å². The monoisotopic (exact) mass is 554 g/mol. The van der Waals surface area contributed by atoms with Crippen LogP contribution in [-0.2, 0) is 0 Å². The Morgan fingerprint density at radius 3 is 2.03 bits per heavy atom. The zero-order valence-electron chi connectivity index (χ0n) is 19.3. The maximum absolute atomic E-state index is 14.2. The number of aryl methyl sites for hydroxylation is 1. The summed E-state index contributed by atoms with van der Waals surface area (Å²) >= 11 is 11.7. The van der Waals surface area contributed by atoms with Gasteiger partial charge in [0.1, 0.15) is 5.69 Å². The summed E-state index contributed by atoms with van der Waals surface area (Å²) in [4.78, 5) is 15.4. The Morgan fingerprint density at radius 2 is 1.43 bits per heavy atom. The van der Waals surface area contributed by atoms with Gasteiger partial charge < -0.3 is 15.1 Å². The van der Waals surface area contributed by atoms with Crippen LogP contribution in [0, 0.1) is 36.0 Å². The molecule has 1 aliphatic rings. The first-order valence-corrected chi connectivity index (χ1v) is 11.9. The standard InChI is InChI=1S/C25H20ClF5N4OS/c1-13-4-2-3-5-15(13)24(36)33-25(37)32-14-6-7-17(16(26)12-14)34-8-10-35(11-9-34)23-21(30)19(28)18(27)20(29)22(23)31/h2-7,12H,8-11H2,1H3,(H2,32,33,36,37). The highest BCUT2D eigenvalue weighted by Gasteiger charge is 2.31. The lowest BCUT2D eigenvalue weighted by Crippen LogP contribution is -2.47. The Bertz CT molecular complexity index is 1350. The summed E-state index contributed by atoms with van der Waals surface area (Å²) < 4.78 is 68.9. The second-order valence-electron chi connectivity index (χ2n) is 8.28. The number of piperazine rings is 1. The zero-order valence-corrected chi connectivity index (χ0v) is 20.9. The molecule has 194 valence electrons. The summed E-state index contributed by atoms with van der Waals surface area (Å²) in [6.07, 6.45) is 0. The van der Waals surface area contributed by atoms with Gasteiger partial charge in [0.05, 0.1) is 10.7 Å². The minimum Gasteiger partial charge on any atom is -0.367 e. The van der Waals surface area contributed by atoms with E-state index in [1.54, 1.807) is 30.3 Å². The van der Waals surface area contributed by atoms with Gasteiger partial charge >= 0.3 is 0 Å². The maximum Gasteiger partial charge on any atom is 0.257 e. The number of nitrogens with one attached hydrogen (secondary N) is 2. The van der Waals surface area contributed by atoms with Crippen LogP contribution in [0.2, 0.25) is 5.02 Å². The number of carbonyl (C=O) groups is 1. The molecule has 1 saturated heterocycles. The van der Waals surface area contributed by atoms with E-state index in [1.165, 1.54) is 0 Å². The van der Waals surface area contributed by atoms with E-state index in [1.807, 2.05) is 24.0 Å². The van der Waals surface area contributed by atoms with Crippen molar-refractivity contribution < 1.29 is 26.7 Å². The summed E-state index contributed by atoms with van der Waals surface area (Å²) in [5.74, 6) is -10.2. The average Bonchev–Trinajstić information content (AvgIpc) is 2.87. The normalized spacial score (nSPS) is 13.5. The summed E-state index contributed by atoms with van der Waals surface area (Å²) in [6, 6.07) is 12.1. The minimum atomic E-state index is -2.19. The van der Waals surface area contributed by atoms with Gasteiger partial charge in [0.15, 0.2) is 28.4 Å². The van der Waals surface area contributed by atoms with Crippen LogP contribution in [0.25, 0.3) is 0 Å². The third kappa shape index (κ3) is 5.47. The Kier molecular flexibility index (Phi) is 7.84. The predicted octanol–water partition coefficient (Wildman–Crippen LogP) is 5.80. The van der Waals surface area contributed by atoms with Crippen molar-refractivity contribution in [2.75, 3.05) is 41.3 Å². The molecule has 0 atom stereocenters. The number of amides is 1. The lowest BCUT2D eigenvalue weighted by atomic mass is 10.1. The molecule has 37 heavy (non-hydrogen) atoms. The molecule has 0 bridgehead atoms. The highest BCUT2D eigenvalue weighted by molar-refractivity contribution is 7.80. The van der Waals surface area contributed by atoms with E-state index < -0.39 is 34.8 Å². The van der Waals surface area contributed by atoms with Crippen LogP contribution in [0.5, 0.6) is 0 Å². The van der Waals surface area contributed by atoms with Crippen molar-refractivity contribution in [2.45, 2.75) is 6.92 Å². The zero-order chi connectivity index (χ0) is 26.9. The SMILES string of the molecule is Cc1ccccc1C(=O)NC(=S)Nc1ccc(N2CCN(c3c(F)c(F)c(F)c(F)c3F)CC2)c(Cl)c1. The molecule has 0 unspecified atom stereocenters. The van der Waals surface area contributed by atoms with Crippen LogP contribution in [-0.4, -0.2) is 37.2 Å². The van der Waals surface area contributed by atoms with Crippen LogP contribution in [0.4, 0.5) is 39.0 Å². The fourth-order valence-corrected chi connectivity index (χ4v) is 4.55. The fraction of sp³-hybridized carbons (Fsp3) is 0.200. The largest absolute Gasteiger partial charge is 0.367 e. The highest BCUT2D eigenvalue weighted by Crippen LogP contribution is 2.33.